The van der Waals surface area contributed by atoms with Gasteiger partial charge in [-0.1, -0.05) is 12.1 Å². The van der Waals surface area contributed by atoms with Crippen LogP contribution < -0.4 is 4.74 Å². The van der Waals surface area contributed by atoms with Crippen LogP contribution in [0.1, 0.15) is 6.42 Å². The van der Waals surface area contributed by atoms with E-state index in [0.717, 1.165) is 35.6 Å². The molecular formula is C13H16N2OS. The number of aromatic nitrogens is 2. The Balaban J connectivity index is 2.12. The van der Waals surface area contributed by atoms with Crippen molar-refractivity contribution >= 4 is 12.6 Å². The van der Waals surface area contributed by atoms with Crippen LogP contribution in [0, 0.1) is 0 Å². The minimum atomic E-state index is 0.871. The Labute approximate surface area is 107 Å². The van der Waals surface area contributed by atoms with E-state index in [1.807, 2.05) is 35.1 Å². The van der Waals surface area contributed by atoms with Crippen LogP contribution in [0.15, 0.2) is 36.7 Å². The quantitative estimate of drug-likeness (QED) is 0.824. The molecule has 17 heavy (non-hydrogen) atoms. The minimum absolute atomic E-state index is 0.871. The average Bonchev–Trinajstić information content (AvgIpc) is 2.85. The van der Waals surface area contributed by atoms with Gasteiger partial charge in [-0.2, -0.15) is 17.7 Å². The average molecular weight is 248 g/mol. The fourth-order valence-electron chi connectivity index (χ4n) is 1.65. The van der Waals surface area contributed by atoms with Gasteiger partial charge in [0.1, 0.15) is 5.75 Å². The molecule has 0 bridgehead atoms. The molecule has 0 aliphatic carbocycles. The molecule has 0 amide bonds. The second kappa shape index (κ2) is 5.77. The maximum Gasteiger partial charge on any atom is 0.118 e. The smallest absolute Gasteiger partial charge is 0.118 e. The lowest BCUT2D eigenvalue weighted by Crippen LogP contribution is -1.98. The van der Waals surface area contributed by atoms with Crippen molar-refractivity contribution in [2.24, 2.45) is 0 Å². The molecule has 0 spiro atoms. The molecule has 2 aromatic rings. The predicted octanol–water partition coefficient (Wildman–Crippen LogP) is 2.88. The van der Waals surface area contributed by atoms with E-state index in [1.54, 1.807) is 7.11 Å². The third kappa shape index (κ3) is 3.03. The zero-order chi connectivity index (χ0) is 12.1. The maximum atomic E-state index is 5.13. The lowest BCUT2D eigenvalue weighted by atomic mass is 10.1. The molecule has 0 unspecified atom stereocenters. The number of hydrogen-bond donors (Lipinski definition) is 1. The fourth-order valence-corrected chi connectivity index (χ4v) is 1.79. The summed E-state index contributed by atoms with van der Waals surface area (Å²) in [5.41, 5.74) is 2.29. The molecule has 0 atom stereocenters. The molecule has 3 nitrogen and oxygen atoms in total. The molecule has 1 aromatic carbocycles. The SMILES string of the molecule is COc1ccc(-c2cnn(CCCS)c2)cc1. The Bertz CT molecular complexity index is 465. The molecule has 2 rings (SSSR count). The van der Waals surface area contributed by atoms with Gasteiger partial charge in [-0.25, -0.2) is 0 Å². The number of hydrogen-bond acceptors (Lipinski definition) is 3. The summed E-state index contributed by atoms with van der Waals surface area (Å²) in [4.78, 5) is 0. The normalized spacial score (nSPS) is 10.5. The van der Waals surface area contributed by atoms with Gasteiger partial charge < -0.3 is 4.74 Å². The van der Waals surface area contributed by atoms with E-state index in [9.17, 15) is 0 Å². The molecule has 0 fully saturated rings. The Kier molecular flexibility index (Phi) is 4.09. The molecule has 0 saturated heterocycles. The van der Waals surface area contributed by atoms with Crippen LogP contribution in [-0.4, -0.2) is 22.6 Å². The summed E-state index contributed by atoms with van der Waals surface area (Å²) in [6.45, 7) is 0.916. The zero-order valence-electron chi connectivity index (χ0n) is 9.84. The number of methoxy groups -OCH3 is 1. The van der Waals surface area contributed by atoms with Gasteiger partial charge in [0.25, 0.3) is 0 Å². The summed E-state index contributed by atoms with van der Waals surface area (Å²) in [7, 11) is 1.67. The number of nitrogens with zero attached hydrogens (tertiary/aromatic N) is 2. The van der Waals surface area contributed by atoms with Crippen molar-refractivity contribution in [3.05, 3.63) is 36.7 Å². The van der Waals surface area contributed by atoms with Crippen LogP contribution in [-0.2, 0) is 6.54 Å². The number of thiol groups is 1. The summed E-state index contributed by atoms with van der Waals surface area (Å²) in [6.07, 6.45) is 4.98. The highest BCUT2D eigenvalue weighted by Crippen LogP contribution is 2.21. The van der Waals surface area contributed by atoms with Crippen molar-refractivity contribution in [1.29, 1.82) is 0 Å². The molecule has 1 aromatic heterocycles. The van der Waals surface area contributed by atoms with E-state index in [2.05, 4.69) is 23.9 Å². The lowest BCUT2D eigenvalue weighted by Gasteiger charge is -2.01. The van der Waals surface area contributed by atoms with Gasteiger partial charge in [0, 0.05) is 18.3 Å². The van der Waals surface area contributed by atoms with E-state index in [4.69, 9.17) is 4.74 Å². The van der Waals surface area contributed by atoms with Gasteiger partial charge in [-0.3, -0.25) is 4.68 Å². The van der Waals surface area contributed by atoms with Crippen LogP contribution in [0.4, 0.5) is 0 Å². The molecule has 0 aliphatic rings. The highest BCUT2D eigenvalue weighted by Gasteiger charge is 2.01. The van der Waals surface area contributed by atoms with E-state index >= 15 is 0 Å². The number of ether oxygens (including phenoxy) is 1. The van der Waals surface area contributed by atoms with E-state index in [1.165, 1.54) is 0 Å². The number of aryl methyl sites for hydroxylation is 1. The van der Waals surface area contributed by atoms with Crippen LogP contribution in [0.2, 0.25) is 0 Å². The van der Waals surface area contributed by atoms with E-state index in [-0.39, 0.29) is 0 Å². The monoisotopic (exact) mass is 248 g/mol. The Morgan fingerprint density at radius 3 is 2.65 bits per heavy atom. The van der Waals surface area contributed by atoms with Crippen molar-refractivity contribution in [3.8, 4) is 16.9 Å². The molecule has 1 heterocycles. The predicted molar refractivity (Wildman–Crippen MR) is 72.7 cm³/mol. The van der Waals surface area contributed by atoms with Crippen LogP contribution in [0.5, 0.6) is 5.75 Å². The minimum Gasteiger partial charge on any atom is -0.497 e. The standard InChI is InChI=1S/C13H16N2OS/c1-16-13-5-3-11(4-6-13)12-9-14-15(10-12)7-2-8-17/h3-6,9-10,17H,2,7-8H2,1H3. The first kappa shape index (κ1) is 12.0. The van der Waals surface area contributed by atoms with Crippen molar-refractivity contribution in [1.82, 2.24) is 9.78 Å². The topological polar surface area (TPSA) is 27.1 Å². The van der Waals surface area contributed by atoms with Crippen molar-refractivity contribution in [2.75, 3.05) is 12.9 Å². The van der Waals surface area contributed by atoms with Gasteiger partial charge in [0.05, 0.1) is 13.3 Å². The molecule has 4 heteroatoms. The third-order valence-electron chi connectivity index (χ3n) is 2.60. The van der Waals surface area contributed by atoms with Gasteiger partial charge in [-0.15, -0.1) is 0 Å². The summed E-state index contributed by atoms with van der Waals surface area (Å²) >= 11 is 4.19. The van der Waals surface area contributed by atoms with E-state index in [0.29, 0.717) is 0 Å². The van der Waals surface area contributed by atoms with Gasteiger partial charge in [0.2, 0.25) is 0 Å². The molecule has 90 valence electrons. The van der Waals surface area contributed by atoms with Crippen LogP contribution in [0.3, 0.4) is 0 Å². The Hall–Kier alpha value is -1.42. The highest BCUT2D eigenvalue weighted by atomic mass is 32.1. The van der Waals surface area contributed by atoms with Gasteiger partial charge in [0.15, 0.2) is 0 Å². The summed E-state index contributed by atoms with van der Waals surface area (Å²) < 4.78 is 7.09. The van der Waals surface area contributed by atoms with Crippen LogP contribution in [0.25, 0.3) is 11.1 Å². The second-order valence-electron chi connectivity index (χ2n) is 3.80. The molecule has 0 aliphatic heterocycles. The molecular weight excluding hydrogens is 232 g/mol. The first-order valence-corrected chi connectivity index (χ1v) is 6.24. The fraction of sp³-hybridized carbons (Fsp3) is 0.308. The maximum absolute atomic E-state index is 5.13. The van der Waals surface area contributed by atoms with Crippen molar-refractivity contribution in [2.45, 2.75) is 13.0 Å². The summed E-state index contributed by atoms with van der Waals surface area (Å²) in [5, 5.41) is 4.32. The van der Waals surface area contributed by atoms with Gasteiger partial charge in [-0.05, 0) is 29.9 Å². The van der Waals surface area contributed by atoms with Crippen molar-refractivity contribution < 1.29 is 4.74 Å². The van der Waals surface area contributed by atoms with Crippen molar-refractivity contribution in [3.63, 3.8) is 0 Å². The second-order valence-corrected chi connectivity index (χ2v) is 4.24. The lowest BCUT2D eigenvalue weighted by molar-refractivity contribution is 0.415. The number of benzene rings is 1. The third-order valence-corrected chi connectivity index (χ3v) is 2.92. The molecule has 0 radical (unpaired) electrons. The van der Waals surface area contributed by atoms with E-state index < -0.39 is 0 Å². The zero-order valence-corrected chi connectivity index (χ0v) is 10.7. The van der Waals surface area contributed by atoms with Gasteiger partial charge >= 0.3 is 0 Å². The summed E-state index contributed by atoms with van der Waals surface area (Å²) in [6, 6.07) is 8.00. The summed E-state index contributed by atoms with van der Waals surface area (Å²) in [5.74, 6) is 1.76. The number of rotatable bonds is 5. The molecule has 0 saturated carbocycles. The molecule has 0 N–H and O–H groups in total. The Morgan fingerprint density at radius 2 is 2.00 bits per heavy atom. The first-order valence-electron chi connectivity index (χ1n) is 5.61. The highest BCUT2D eigenvalue weighted by molar-refractivity contribution is 7.80. The van der Waals surface area contributed by atoms with Crippen LogP contribution >= 0.6 is 12.6 Å². The first-order chi connectivity index (χ1) is 8.33. The largest absolute Gasteiger partial charge is 0.497 e. The Morgan fingerprint density at radius 1 is 1.24 bits per heavy atom.